The van der Waals surface area contributed by atoms with E-state index in [1.807, 2.05) is 36.4 Å². The minimum Gasteiger partial charge on any atom is -0.500 e. The van der Waals surface area contributed by atoms with Gasteiger partial charge in [-0.1, -0.05) is 43.5 Å². The predicted molar refractivity (Wildman–Crippen MR) is 121 cm³/mol. The molecule has 31 heavy (non-hydrogen) atoms. The van der Waals surface area contributed by atoms with E-state index in [4.69, 9.17) is 9.47 Å². The summed E-state index contributed by atoms with van der Waals surface area (Å²) in [6.07, 6.45) is 12.3. The molecule has 2 aromatic rings. The summed E-state index contributed by atoms with van der Waals surface area (Å²) < 4.78 is 10.8. The molecule has 162 valence electrons. The number of anilines is 1. The largest absolute Gasteiger partial charge is 0.500 e. The summed E-state index contributed by atoms with van der Waals surface area (Å²) in [5.41, 5.74) is 2.16. The molecule has 0 unspecified atom stereocenters. The van der Waals surface area contributed by atoms with Gasteiger partial charge in [0.05, 0.1) is 25.3 Å². The molecule has 0 bridgehead atoms. The fraction of sp³-hybridized carbons (Fsp3) is 0.400. The number of aromatic nitrogens is 2. The summed E-state index contributed by atoms with van der Waals surface area (Å²) in [5, 5.41) is 3.08. The molecule has 0 spiro atoms. The maximum atomic E-state index is 13.6. The average Bonchev–Trinajstić information content (AvgIpc) is 2.84. The zero-order valence-corrected chi connectivity index (χ0v) is 18.2. The fourth-order valence-electron chi connectivity index (χ4n) is 4.60. The Bertz CT molecular complexity index is 989. The van der Waals surface area contributed by atoms with E-state index in [2.05, 4.69) is 21.4 Å². The van der Waals surface area contributed by atoms with Crippen LogP contribution in [0.1, 0.15) is 56.2 Å². The fourth-order valence-corrected chi connectivity index (χ4v) is 4.60. The molecule has 6 heteroatoms. The lowest BCUT2D eigenvalue weighted by molar-refractivity contribution is -0.122. The highest BCUT2D eigenvalue weighted by Gasteiger charge is 2.41. The highest BCUT2D eigenvalue weighted by Crippen LogP contribution is 2.41. The lowest BCUT2D eigenvalue weighted by atomic mass is 9.68. The van der Waals surface area contributed by atoms with Crippen LogP contribution in [0.2, 0.25) is 0 Å². The average molecular weight is 420 g/mol. The number of allylic oxidation sites excluding steroid dienone is 4. The van der Waals surface area contributed by atoms with Crippen LogP contribution in [0, 0.1) is 0 Å². The molecule has 0 atom stereocenters. The van der Waals surface area contributed by atoms with E-state index in [-0.39, 0.29) is 5.91 Å². The van der Waals surface area contributed by atoms with E-state index >= 15 is 0 Å². The third-order valence-corrected chi connectivity index (χ3v) is 6.34. The maximum absolute atomic E-state index is 13.6. The number of ether oxygens (including phenoxy) is 2. The Hall–Kier alpha value is -3.15. The lowest BCUT2D eigenvalue weighted by Gasteiger charge is -2.36. The van der Waals surface area contributed by atoms with Crippen molar-refractivity contribution >= 4 is 17.3 Å². The number of carbonyl (C=O) groups excluding carboxylic acids is 1. The summed E-state index contributed by atoms with van der Waals surface area (Å²) in [5.74, 6) is 2.19. The summed E-state index contributed by atoms with van der Waals surface area (Å²) in [7, 11) is 3.33. The van der Waals surface area contributed by atoms with Crippen molar-refractivity contribution in [2.45, 2.75) is 50.4 Å². The Balaban J connectivity index is 1.62. The molecule has 0 saturated heterocycles. The van der Waals surface area contributed by atoms with E-state index in [1.165, 1.54) is 6.33 Å². The molecule has 4 rings (SSSR count). The van der Waals surface area contributed by atoms with Gasteiger partial charge in [-0.25, -0.2) is 9.97 Å². The van der Waals surface area contributed by atoms with Gasteiger partial charge in [-0.2, -0.15) is 0 Å². The van der Waals surface area contributed by atoms with E-state index in [9.17, 15) is 4.79 Å². The summed E-state index contributed by atoms with van der Waals surface area (Å²) in [6, 6.07) is 9.70. The monoisotopic (exact) mass is 419 g/mol. The molecule has 0 aliphatic heterocycles. The maximum Gasteiger partial charge on any atom is 0.236 e. The molecule has 1 N–H and O–H groups in total. The molecule has 1 heterocycles. The molecule has 1 amide bonds. The second-order valence-corrected chi connectivity index (χ2v) is 8.10. The Morgan fingerprint density at radius 1 is 1.03 bits per heavy atom. The Morgan fingerprint density at radius 3 is 2.52 bits per heavy atom. The van der Waals surface area contributed by atoms with Crippen LogP contribution in [-0.2, 0) is 14.9 Å². The predicted octanol–water partition coefficient (Wildman–Crippen LogP) is 5.03. The number of amides is 1. The SMILES string of the molecule is COC1=C(c2cc(NC(=O)C3(c4ccc(OC)cc4)CCCCC3)ncn2)C=CCC1. The highest BCUT2D eigenvalue weighted by atomic mass is 16.5. The van der Waals surface area contributed by atoms with Crippen molar-refractivity contribution in [3.63, 3.8) is 0 Å². The van der Waals surface area contributed by atoms with Crippen molar-refractivity contribution in [3.8, 4) is 5.75 Å². The second kappa shape index (κ2) is 9.33. The number of hydrogen-bond donors (Lipinski definition) is 1. The summed E-state index contributed by atoms with van der Waals surface area (Å²) in [6.45, 7) is 0. The van der Waals surface area contributed by atoms with Crippen molar-refractivity contribution in [1.82, 2.24) is 9.97 Å². The lowest BCUT2D eigenvalue weighted by Crippen LogP contribution is -2.42. The minimum atomic E-state index is -0.558. The van der Waals surface area contributed by atoms with Crippen LogP contribution < -0.4 is 10.1 Å². The molecule has 2 aliphatic carbocycles. The molecule has 6 nitrogen and oxygen atoms in total. The van der Waals surface area contributed by atoms with Gasteiger partial charge in [0.1, 0.15) is 23.7 Å². The number of methoxy groups -OCH3 is 2. The van der Waals surface area contributed by atoms with Gasteiger partial charge in [0.25, 0.3) is 0 Å². The zero-order valence-electron chi connectivity index (χ0n) is 18.2. The van der Waals surface area contributed by atoms with Crippen molar-refractivity contribution in [2.24, 2.45) is 0 Å². The highest BCUT2D eigenvalue weighted by molar-refractivity contribution is 5.99. The molecule has 0 radical (unpaired) electrons. The van der Waals surface area contributed by atoms with Gasteiger partial charge in [-0.3, -0.25) is 4.79 Å². The number of nitrogens with one attached hydrogen (secondary N) is 1. The first kappa shape index (κ1) is 21.1. The van der Waals surface area contributed by atoms with Crippen LogP contribution in [0.3, 0.4) is 0 Å². The summed E-state index contributed by atoms with van der Waals surface area (Å²) in [4.78, 5) is 22.3. The first-order chi connectivity index (χ1) is 15.2. The van der Waals surface area contributed by atoms with E-state index in [0.29, 0.717) is 5.82 Å². The zero-order chi connectivity index (χ0) is 21.7. The topological polar surface area (TPSA) is 73.3 Å². The van der Waals surface area contributed by atoms with Gasteiger partial charge in [0, 0.05) is 18.1 Å². The Labute approximate surface area is 183 Å². The molecule has 1 fully saturated rings. The normalized spacial score (nSPS) is 17.9. The number of benzene rings is 1. The van der Waals surface area contributed by atoms with Gasteiger partial charge in [-0.05, 0) is 37.0 Å². The standard InChI is InChI=1S/C25H29N3O3/c1-30-19-12-10-18(11-13-19)25(14-6-3-7-15-25)24(29)28-23-16-21(26-17-27-23)20-8-4-5-9-22(20)31-2/h4,8,10-13,16-17H,3,5-7,9,14-15H2,1-2H3,(H,26,27,28,29). The summed E-state index contributed by atoms with van der Waals surface area (Å²) >= 11 is 0. The van der Waals surface area contributed by atoms with Crippen molar-refractivity contribution in [1.29, 1.82) is 0 Å². The quantitative estimate of drug-likeness (QED) is 0.711. The molecule has 1 aromatic carbocycles. The van der Waals surface area contributed by atoms with Gasteiger partial charge in [-0.15, -0.1) is 0 Å². The van der Waals surface area contributed by atoms with Gasteiger partial charge in [0.15, 0.2) is 0 Å². The molecular weight excluding hydrogens is 390 g/mol. The molecular formula is C25H29N3O3. The van der Waals surface area contributed by atoms with E-state index in [1.54, 1.807) is 14.2 Å². The first-order valence-corrected chi connectivity index (χ1v) is 10.9. The van der Waals surface area contributed by atoms with Crippen LogP contribution in [-0.4, -0.2) is 30.1 Å². The van der Waals surface area contributed by atoms with E-state index in [0.717, 1.165) is 73.3 Å². The Kier molecular flexibility index (Phi) is 6.35. The van der Waals surface area contributed by atoms with E-state index < -0.39 is 5.41 Å². The molecule has 1 saturated carbocycles. The van der Waals surface area contributed by atoms with Gasteiger partial charge >= 0.3 is 0 Å². The molecule has 1 aromatic heterocycles. The smallest absolute Gasteiger partial charge is 0.236 e. The number of rotatable bonds is 6. The van der Waals surface area contributed by atoms with Crippen LogP contribution in [0.25, 0.3) is 5.57 Å². The third-order valence-electron chi connectivity index (χ3n) is 6.34. The van der Waals surface area contributed by atoms with Crippen LogP contribution in [0.5, 0.6) is 5.75 Å². The number of carbonyl (C=O) groups is 1. The minimum absolute atomic E-state index is 0.0119. The first-order valence-electron chi connectivity index (χ1n) is 10.9. The van der Waals surface area contributed by atoms with Gasteiger partial charge in [0.2, 0.25) is 5.91 Å². The third kappa shape index (κ3) is 4.33. The molecule has 2 aliphatic rings. The van der Waals surface area contributed by atoms with Crippen LogP contribution >= 0.6 is 0 Å². The van der Waals surface area contributed by atoms with Crippen molar-refractivity contribution in [2.75, 3.05) is 19.5 Å². The van der Waals surface area contributed by atoms with Crippen LogP contribution in [0.4, 0.5) is 5.82 Å². The Morgan fingerprint density at radius 2 is 1.81 bits per heavy atom. The second-order valence-electron chi connectivity index (χ2n) is 8.10. The van der Waals surface area contributed by atoms with Crippen molar-refractivity contribution in [3.05, 3.63) is 65.8 Å². The van der Waals surface area contributed by atoms with Gasteiger partial charge < -0.3 is 14.8 Å². The number of hydrogen-bond acceptors (Lipinski definition) is 5. The van der Waals surface area contributed by atoms with Crippen LogP contribution in [0.15, 0.2) is 54.6 Å². The van der Waals surface area contributed by atoms with Crippen molar-refractivity contribution < 1.29 is 14.3 Å². The number of nitrogens with zero attached hydrogens (tertiary/aromatic N) is 2.